The van der Waals surface area contributed by atoms with E-state index in [1.807, 2.05) is 0 Å². The second-order valence-electron chi connectivity index (χ2n) is 5.43. The van der Waals surface area contributed by atoms with Crippen LogP contribution in [-0.2, 0) is 9.59 Å². The van der Waals surface area contributed by atoms with E-state index in [4.69, 9.17) is 10.5 Å². The Kier molecular flexibility index (Phi) is 3.95. The Labute approximate surface area is 127 Å². The molecule has 0 bridgehead atoms. The third-order valence-corrected chi connectivity index (χ3v) is 3.69. The van der Waals surface area contributed by atoms with Crippen molar-refractivity contribution in [1.29, 1.82) is 0 Å². The molecule has 4 N–H and O–H groups in total. The van der Waals surface area contributed by atoms with Crippen LogP contribution in [0.3, 0.4) is 0 Å². The van der Waals surface area contributed by atoms with Crippen molar-refractivity contribution in [2.45, 2.75) is 13.3 Å². The first kappa shape index (κ1) is 15.6. The number of rotatable bonds is 4. The highest BCUT2D eigenvalue weighted by atomic mass is 16.5. The predicted molar refractivity (Wildman–Crippen MR) is 81.5 cm³/mol. The van der Waals surface area contributed by atoms with Gasteiger partial charge in [-0.1, -0.05) is 12.1 Å². The number of hydrogen-bond donors (Lipinski definition) is 3. The minimum absolute atomic E-state index is 0.0526. The number of allylic oxidation sites excluding steroid dienone is 2. The monoisotopic (exact) mass is 303 g/mol. The molecule has 0 aromatic heterocycles. The lowest BCUT2D eigenvalue weighted by atomic mass is 9.76. The first-order valence-electron chi connectivity index (χ1n) is 6.61. The molecule has 1 aliphatic rings. The topological polar surface area (TPSA) is 110 Å². The van der Waals surface area contributed by atoms with Crippen molar-refractivity contribution in [3.8, 4) is 5.75 Å². The first-order chi connectivity index (χ1) is 10.3. The summed E-state index contributed by atoms with van der Waals surface area (Å²) < 4.78 is 5.08. The molecule has 1 atom stereocenters. The quantitative estimate of drug-likeness (QED) is 0.735. The molecule has 1 aliphatic carbocycles. The molecule has 0 saturated heterocycles. The molecule has 1 unspecified atom stereocenters. The maximum absolute atomic E-state index is 11.5. The average molecular weight is 303 g/mol. The number of nitrogens with two attached hydrogens (primary N) is 1. The second-order valence-corrected chi connectivity index (χ2v) is 5.43. The van der Waals surface area contributed by atoms with Crippen molar-refractivity contribution in [3.63, 3.8) is 0 Å². The van der Waals surface area contributed by atoms with Crippen LogP contribution in [0.15, 0.2) is 35.9 Å². The highest BCUT2D eigenvalue weighted by Crippen LogP contribution is 2.38. The highest BCUT2D eigenvalue weighted by Gasteiger charge is 2.36. The van der Waals surface area contributed by atoms with E-state index < -0.39 is 17.4 Å². The van der Waals surface area contributed by atoms with Gasteiger partial charge in [0.1, 0.15) is 5.75 Å². The smallest absolute Gasteiger partial charge is 0.331 e. The predicted octanol–water partition coefficient (Wildman–Crippen LogP) is 2.17. The molecule has 0 radical (unpaired) electrons. The second kappa shape index (κ2) is 5.55. The molecule has 1 aromatic rings. The van der Waals surface area contributed by atoms with Gasteiger partial charge in [-0.05, 0) is 42.7 Å². The third kappa shape index (κ3) is 2.81. The molecule has 6 heteroatoms. The van der Waals surface area contributed by atoms with E-state index in [2.05, 4.69) is 0 Å². The van der Waals surface area contributed by atoms with E-state index in [0.717, 1.165) is 0 Å². The van der Waals surface area contributed by atoms with E-state index in [1.54, 1.807) is 24.3 Å². The number of hydrogen-bond acceptors (Lipinski definition) is 4. The fourth-order valence-electron chi connectivity index (χ4n) is 2.43. The Hall–Kier alpha value is -2.76. The number of carboxylic acid groups (broad SMARTS) is 2. The van der Waals surface area contributed by atoms with Crippen LogP contribution in [0, 0.1) is 5.41 Å². The number of carbonyl (C=O) groups is 2. The van der Waals surface area contributed by atoms with Crippen LogP contribution < -0.4 is 10.5 Å². The molecule has 0 fully saturated rings. The van der Waals surface area contributed by atoms with E-state index in [0.29, 0.717) is 22.6 Å². The minimum atomic E-state index is -1.27. The zero-order valence-electron chi connectivity index (χ0n) is 12.3. The zero-order valence-corrected chi connectivity index (χ0v) is 12.3. The number of aliphatic carboxylic acids is 2. The fourth-order valence-corrected chi connectivity index (χ4v) is 2.43. The molecule has 0 aliphatic heterocycles. The number of anilines is 1. The fraction of sp³-hybridized carbons (Fsp3) is 0.250. The summed E-state index contributed by atoms with van der Waals surface area (Å²) in [7, 11) is 1.50. The Bertz CT molecular complexity index is 704. The van der Waals surface area contributed by atoms with Gasteiger partial charge >= 0.3 is 11.9 Å². The number of benzene rings is 1. The molecule has 0 saturated carbocycles. The van der Waals surface area contributed by atoms with Crippen molar-refractivity contribution < 1.29 is 24.5 Å². The van der Waals surface area contributed by atoms with Crippen molar-refractivity contribution in [1.82, 2.24) is 0 Å². The Morgan fingerprint density at radius 3 is 2.50 bits per heavy atom. The standard InChI is InChI=1S/C16H17NO5/c1-16(15(20)21)7-10(5-11(8-16)14(18)19)9-3-4-13(22-2)12(17)6-9/h3-7H,8,17H2,1-2H3,(H,18,19)(H,20,21). The highest BCUT2D eigenvalue weighted by molar-refractivity contribution is 5.96. The lowest BCUT2D eigenvalue weighted by Crippen LogP contribution is -2.29. The van der Waals surface area contributed by atoms with E-state index in [-0.39, 0.29) is 12.0 Å². The number of ether oxygens (including phenoxy) is 1. The average Bonchev–Trinajstić information content (AvgIpc) is 2.46. The van der Waals surface area contributed by atoms with Gasteiger partial charge in [0, 0.05) is 5.57 Å². The van der Waals surface area contributed by atoms with Crippen LogP contribution in [0.1, 0.15) is 18.9 Å². The molecular formula is C16H17NO5. The molecule has 116 valence electrons. The zero-order chi connectivity index (χ0) is 16.5. The van der Waals surface area contributed by atoms with Crippen LogP contribution in [-0.4, -0.2) is 29.3 Å². The van der Waals surface area contributed by atoms with Gasteiger partial charge in [0.05, 0.1) is 18.2 Å². The molecule has 0 spiro atoms. The molecule has 0 heterocycles. The normalized spacial score (nSPS) is 20.8. The van der Waals surface area contributed by atoms with E-state index in [1.165, 1.54) is 20.1 Å². The summed E-state index contributed by atoms with van der Waals surface area (Å²) in [5.41, 5.74) is 6.19. The van der Waals surface area contributed by atoms with Crippen molar-refractivity contribution in [3.05, 3.63) is 41.5 Å². The molecular weight excluding hydrogens is 286 g/mol. The first-order valence-corrected chi connectivity index (χ1v) is 6.61. The third-order valence-electron chi connectivity index (χ3n) is 3.69. The lowest BCUT2D eigenvalue weighted by molar-refractivity contribution is -0.145. The van der Waals surface area contributed by atoms with Gasteiger partial charge in [0.15, 0.2) is 0 Å². The van der Waals surface area contributed by atoms with Crippen LogP contribution in [0.5, 0.6) is 5.75 Å². The van der Waals surface area contributed by atoms with Gasteiger partial charge in [-0.2, -0.15) is 0 Å². The largest absolute Gasteiger partial charge is 0.495 e. The molecule has 2 rings (SSSR count). The summed E-state index contributed by atoms with van der Waals surface area (Å²) in [6.45, 7) is 1.50. The number of methoxy groups -OCH3 is 1. The maximum Gasteiger partial charge on any atom is 0.331 e. The van der Waals surface area contributed by atoms with Gasteiger partial charge in [-0.25, -0.2) is 4.79 Å². The summed E-state index contributed by atoms with van der Waals surface area (Å²) in [6.07, 6.45) is 2.98. The van der Waals surface area contributed by atoms with Gasteiger partial charge in [0.25, 0.3) is 0 Å². The number of carboxylic acids is 2. The summed E-state index contributed by atoms with van der Waals surface area (Å²) in [5.74, 6) is -1.69. The van der Waals surface area contributed by atoms with Crippen molar-refractivity contribution in [2.24, 2.45) is 5.41 Å². The Morgan fingerprint density at radius 1 is 1.32 bits per heavy atom. The molecule has 22 heavy (non-hydrogen) atoms. The number of nitrogen functional groups attached to an aromatic ring is 1. The van der Waals surface area contributed by atoms with Gasteiger partial charge in [0.2, 0.25) is 0 Å². The van der Waals surface area contributed by atoms with E-state index >= 15 is 0 Å². The van der Waals surface area contributed by atoms with Gasteiger partial charge in [-0.15, -0.1) is 0 Å². The van der Waals surface area contributed by atoms with Gasteiger partial charge in [-0.3, -0.25) is 4.79 Å². The van der Waals surface area contributed by atoms with Gasteiger partial charge < -0.3 is 20.7 Å². The van der Waals surface area contributed by atoms with Crippen LogP contribution >= 0.6 is 0 Å². The molecule has 1 aromatic carbocycles. The van der Waals surface area contributed by atoms with Crippen LogP contribution in [0.25, 0.3) is 5.57 Å². The lowest BCUT2D eigenvalue weighted by Gasteiger charge is -2.26. The molecule has 6 nitrogen and oxygen atoms in total. The summed E-state index contributed by atoms with van der Waals surface area (Å²) >= 11 is 0. The van der Waals surface area contributed by atoms with Crippen LogP contribution in [0.4, 0.5) is 5.69 Å². The van der Waals surface area contributed by atoms with Crippen molar-refractivity contribution >= 4 is 23.2 Å². The Morgan fingerprint density at radius 2 is 2.00 bits per heavy atom. The van der Waals surface area contributed by atoms with E-state index in [9.17, 15) is 19.8 Å². The minimum Gasteiger partial charge on any atom is -0.495 e. The molecule has 0 amide bonds. The summed E-state index contributed by atoms with van der Waals surface area (Å²) in [6, 6.07) is 5.01. The van der Waals surface area contributed by atoms with Crippen LogP contribution in [0.2, 0.25) is 0 Å². The summed E-state index contributed by atoms with van der Waals surface area (Å²) in [5, 5.41) is 18.6. The Balaban J connectivity index is 2.55. The summed E-state index contributed by atoms with van der Waals surface area (Å²) in [4.78, 5) is 22.8. The SMILES string of the molecule is COc1ccc(C2=CC(C)(C(=O)O)CC(C(=O)O)=C2)cc1N. The maximum atomic E-state index is 11.5. The van der Waals surface area contributed by atoms with Crippen molar-refractivity contribution in [2.75, 3.05) is 12.8 Å².